The molecule has 3 rings (SSSR count). The Balaban J connectivity index is 2.01. The van der Waals surface area contributed by atoms with Crippen LogP contribution in [0.3, 0.4) is 0 Å². The summed E-state index contributed by atoms with van der Waals surface area (Å²) in [5.41, 5.74) is 1.14. The Morgan fingerprint density at radius 3 is 2.47 bits per heavy atom. The summed E-state index contributed by atoms with van der Waals surface area (Å²) in [5.74, 6) is 0.359. The van der Waals surface area contributed by atoms with Crippen LogP contribution in [-0.4, -0.2) is 11.1 Å². The Morgan fingerprint density at radius 2 is 1.65 bits per heavy atom. The van der Waals surface area contributed by atoms with E-state index >= 15 is 0 Å². The van der Waals surface area contributed by atoms with Crippen LogP contribution in [0.2, 0.25) is 0 Å². The first-order chi connectivity index (χ1) is 8.34. The second kappa shape index (κ2) is 4.28. The van der Waals surface area contributed by atoms with Crippen LogP contribution in [0.1, 0.15) is 25.7 Å². The first-order valence-electron chi connectivity index (χ1n) is 6.32. The second-order valence-corrected chi connectivity index (χ2v) is 4.80. The van der Waals surface area contributed by atoms with Crippen molar-refractivity contribution in [1.29, 1.82) is 0 Å². The summed E-state index contributed by atoms with van der Waals surface area (Å²) in [5, 5.41) is 15.5. The summed E-state index contributed by atoms with van der Waals surface area (Å²) in [7, 11) is 0. The van der Waals surface area contributed by atoms with E-state index in [4.69, 9.17) is 0 Å². The van der Waals surface area contributed by atoms with Crippen molar-refractivity contribution in [3.8, 4) is 5.75 Å². The van der Waals surface area contributed by atoms with Gasteiger partial charge in [-0.15, -0.1) is 0 Å². The van der Waals surface area contributed by atoms with Gasteiger partial charge in [0.25, 0.3) is 0 Å². The normalized spacial score (nSPS) is 16.5. The van der Waals surface area contributed by atoms with E-state index in [1.165, 1.54) is 25.7 Å². The van der Waals surface area contributed by atoms with E-state index in [1.807, 2.05) is 18.2 Å². The van der Waals surface area contributed by atoms with Crippen LogP contribution < -0.4 is 5.32 Å². The minimum Gasteiger partial charge on any atom is -0.507 e. The predicted octanol–water partition coefficient (Wildman–Crippen LogP) is 3.90. The van der Waals surface area contributed by atoms with Gasteiger partial charge in [-0.3, -0.25) is 0 Å². The van der Waals surface area contributed by atoms with Crippen LogP contribution >= 0.6 is 0 Å². The molecule has 2 heteroatoms. The molecule has 17 heavy (non-hydrogen) atoms. The minimum absolute atomic E-state index is 0.359. The van der Waals surface area contributed by atoms with Gasteiger partial charge >= 0.3 is 0 Å². The number of anilines is 1. The van der Waals surface area contributed by atoms with Crippen molar-refractivity contribution in [1.82, 2.24) is 0 Å². The summed E-state index contributed by atoms with van der Waals surface area (Å²) in [4.78, 5) is 0. The molecule has 1 saturated carbocycles. The molecule has 0 saturated heterocycles. The highest BCUT2D eigenvalue weighted by atomic mass is 16.3. The summed E-state index contributed by atoms with van der Waals surface area (Å²) in [6, 6.07) is 12.4. The number of nitrogens with one attached hydrogen (secondary N) is 1. The van der Waals surface area contributed by atoms with E-state index in [1.54, 1.807) is 6.07 Å². The number of aromatic hydroxyl groups is 1. The van der Waals surface area contributed by atoms with Crippen molar-refractivity contribution in [2.45, 2.75) is 31.7 Å². The fraction of sp³-hybridized carbons (Fsp3) is 0.333. The summed E-state index contributed by atoms with van der Waals surface area (Å²) < 4.78 is 0. The fourth-order valence-electron chi connectivity index (χ4n) is 2.71. The maximum Gasteiger partial charge on any atom is 0.123 e. The molecule has 1 aliphatic carbocycles. The lowest BCUT2D eigenvalue weighted by Gasteiger charge is -2.15. The molecule has 0 aromatic heterocycles. The number of hydrogen-bond donors (Lipinski definition) is 2. The van der Waals surface area contributed by atoms with Crippen molar-refractivity contribution in [3.05, 3.63) is 36.4 Å². The third-order valence-corrected chi connectivity index (χ3v) is 3.61. The molecule has 0 radical (unpaired) electrons. The Kier molecular flexibility index (Phi) is 2.63. The highest BCUT2D eigenvalue weighted by Gasteiger charge is 2.15. The number of phenolic OH excluding ortho intramolecular Hbond substituents is 1. The van der Waals surface area contributed by atoms with E-state index in [0.717, 1.165) is 16.5 Å². The SMILES string of the molecule is Oc1cccc2c(NC3CCCC3)cccc12. The van der Waals surface area contributed by atoms with Crippen LogP contribution in [-0.2, 0) is 0 Å². The van der Waals surface area contributed by atoms with Crippen molar-refractivity contribution in [3.63, 3.8) is 0 Å². The van der Waals surface area contributed by atoms with Crippen LogP contribution in [0, 0.1) is 0 Å². The average molecular weight is 227 g/mol. The Bertz CT molecular complexity index is 529. The highest BCUT2D eigenvalue weighted by Crippen LogP contribution is 2.31. The van der Waals surface area contributed by atoms with Gasteiger partial charge in [0.05, 0.1) is 0 Å². The van der Waals surface area contributed by atoms with E-state index in [-0.39, 0.29) is 0 Å². The average Bonchev–Trinajstić information content (AvgIpc) is 2.83. The third-order valence-electron chi connectivity index (χ3n) is 3.61. The van der Waals surface area contributed by atoms with Crippen LogP contribution in [0.4, 0.5) is 5.69 Å². The molecule has 0 amide bonds. The summed E-state index contributed by atoms with van der Waals surface area (Å²) in [6.45, 7) is 0. The lowest BCUT2D eigenvalue weighted by Crippen LogP contribution is -2.14. The minimum atomic E-state index is 0.359. The van der Waals surface area contributed by atoms with E-state index in [2.05, 4.69) is 17.4 Å². The molecule has 0 unspecified atom stereocenters. The first kappa shape index (κ1) is 10.5. The van der Waals surface area contributed by atoms with Crippen LogP contribution in [0.25, 0.3) is 10.8 Å². The molecule has 0 aliphatic heterocycles. The monoisotopic (exact) mass is 227 g/mol. The van der Waals surface area contributed by atoms with Gasteiger partial charge in [0.15, 0.2) is 0 Å². The maximum absolute atomic E-state index is 9.83. The third kappa shape index (κ3) is 1.95. The molecule has 0 spiro atoms. The lowest BCUT2D eigenvalue weighted by atomic mass is 10.1. The van der Waals surface area contributed by atoms with Crippen molar-refractivity contribution < 1.29 is 5.11 Å². The van der Waals surface area contributed by atoms with Gasteiger partial charge in [0.1, 0.15) is 5.75 Å². The smallest absolute Gasteiger partial charge is 0.123 e. The van der Waals surface area contributed by atoms with Gasteiger partial charge in [0, 0.05) is 22.5 Å². The topological polar surface area (TPSA) is 32.3 Å². The molecule has 1 aliphatic rings. The van der Waals surface area contributed by atoms with E-state index < -0.39 is 0 Å². The number of hydrogen-bond acceptors (Lipinski definition) is 2. The van der Waals surface area contributed by atoms with Gasteiger partial charge in [-0.1, -0.05) is 37.1 Å². The summed E-state index contributed by atoms with van der Waals surface area (Å²) >= 11 is 0. The first-order valence-corrected chi connectivity index (χ1v) is 6.32. The molecular formula is C15H17NO. The fourth-order valence-corrected chi connectivity index (χ4v) is 2.71. The molecular weight excluding hydrogens is 210 g/mol. The van der Waals surface area contributed by atoms with Crippen molar-refractivity contribution in [2.24, 2.45) is 0 Å². The molecule has 2 nitrogen and oxygen atoms in total. The predicted molar refractivity (Wildman–Crippen MR) is 71.5 cm³/mol. The zero-order valence-electron chi connectivity index (χ0n) is 9.82. The quantitative estimate of drug-likeness (QED) is 0.815. The van der Waals surface area contributed by atoms with Gasteiger partial charge in [-0.05, 0) is 25.0 Å². The molecule has 0 bridgehead atoms. The number of fused-ring (bicyclic) bond motifs is 1. The highest BCUT2D eigenvalue weighted by molar-refractivity contribution is 5.97. The molecule has 88 valence electrons. The van der Waals surface area contributed by atoms with Gasteiger partial charge in [-0.2, -0.15) is 0 Å². The lowest BCUT2D eigenvalue weighted by molar-refractivity contribution is 0.481. The van der Waals surface area contributed by atoms with Crippen LogP contribution in [0.15, 0.2) is 36.4 Å². The Labute approximate surface area is 101 Å². The van der Waals surface area contributed by atoms with Gasteiger partial charge < -0.3 is 10.4 Å². The van der Waals surface area contributed by atoms with Crippen molar-refractivity contribution in [2.75, 3.05) is 5.32 Å². The van der Waals surface area contributed by atoms with Gasteiger partial charge in [-0.25, -0.2) is 0 Å². The number of benzene rings is 2. The molecule has 0 atom stereocenters. The van der Waals surface area contributed by atoms with E-state index in [9.17, 15) is 5.11 Å². The maximum atomic E-state index is 9.83. The number of phenols is 1. The molecule has 1 fully saturated rings. The van der Waals surface area contributed by atoms with Crippen molar-refractivity contribution >= 4 is 16.5 Å². The Hall–Kier alpha value is -1.70. The Morgan fingerprint density at radius 1 is 0.941 bits per heavy atom. The standard InChI is InChI=1S/C15H17NO/c17-15-10-4-7-12-13(15)8-3-9-14(12)16-11-5-1-2-6-11/h3-4,7-11,16-17H,1-2,5-6H2. The second-order valence-electron chi connectivity index (χ2n) is 4.80. The molecule has 2 N–H and O–H groups in total. The molecule has 2 aromatic rings. The zero-order valence-corrected chi connectivity index (χ0v) is 9.82. The number of rotatable bonds is 2. The largest absolute Gasteiger partial charge is 0.507 e. The van der Waals surface area contributed by atoms with Crippen LogP contribution in [0.5, 0.6) is 5.75 Å². The van der Waals surface area contributed by atoms with E-state index in [0.29, 0.717) is 11.8 Å². The van der Waals surface area contributed by atoms with Gasteiger partial charge in [0.2, 0.25) is 0 Å². The summed E-state index contributed by atoms with van der Waals surface area (Å²) in [6.07, 6.45) is 5.17. The molecule has 2 aromatic carbocycles. The zero-order chi connectivity index (χ0) is 11.7. The molecule has 0 heterocycles.